The lowest BCUT2D eigenvalue weighted by atomic mass is 9.77. The van der Waals surface area contributed by atoms with Gasteiger partial charge in [0.25, 0.3) is 0 Å². The van der Waals surface area contributed by atoms with Gasteiger partial charge < -0.3 is 20.5 Å². The molecule has 0 aliphatic rings. The Morgan fingerprint density at radius 2 is 1.90 bits per heavy atom. The topological polar surface area (TPSA) is 143 Å². The first-order chi connectivity index (χ1) is 14.1. The molecule has 0 radical (unpaired) electrons. The van der Waals surface area contributed by atoms with Gasteiger partial charge >= 0.3 is 7.12 Å². The minimum atomic E-state index is -1.70. The van der Waals surface area contributed by atoms with Gasteiger partial charge in [-0.2, -0.15) is 15.3 Å². The molecule has 0 amide bonds. The second-order valence-corrected chi connectivity index (χ2v) is 5.88. The standard InChI is InChI=1S/C17H15BN6O3.C2H6/c1-27-16-6-12(17-20-8-22-24-17)11(5-13(16)18(25)26)9-2-3-10-14(19)7-21-23-15(10)4-9;1-2/h2-8,25-26H,1H3,(H2,19,23)(H,20,22,24);1-2H3. The van der Waals surface area contributed by atoms with Gasteiger partial charge in [0.2, 0.25) is 0 Å². The number of hydrogen-bond donors (Lipinski definition) is 4. The quantitative estimate of drug-likeness (QED) is 0.382. The SMILES string of the molecule is CC.COc1cc(-c2ncn[nH]2)c(-c2ccc3c(N)cnnc3c2)cc1B(O)O. The van der Waals surface area contributed by atoms with Crippen molar-refractivity contribution in [3.8, 4) is 28.3 Å². The Bertz CT molecular complexity index is 1120. The van der Waals surface area contributed by atoms with Crippen LogP contribution in [0.5, 0.6) is 5.75 Å². The van der Waals surface area contributed by atoms with E-state index in [1.165, 1.54) is 19.6 Å². The molecular formula is C19H21BN6O3. The van der Waals surface area contributed by atoms with Crippen LogP contribution in [0.25, 0.3) is 33.4 Å². The summed E-state index contributed by atoms with van der Waals surface area (Å²) in [6, 6.07) is 8.86. The lowest BCUT2D eigenvalue weighted by Crippen LogP contribution is -2.31. The third-order valence-electron chi connectivity index (χ3n) is 4.30. The van der Waals surface area contributed by atoms with E-state index in [-0.39, 0.29) is 5.46 Å². The molecule has 9 nitrogen and oxygen atoms in total. The van der Waals surface area contributed by atoms with Crippen LogP contribution in [-0.4, -0.2) is 49.7 Å². The lowest BCUT2D eigenvalue weighted by Gasteiger charge is -2.15. The Labute approximate surface area is 167 Å². The van der Waals surface area contributed by atoms with E-state index in [1.54, 1.807) is 12.1 Å². The van der Waals surface area contributed by atoms with E-state index in [4.69, 9.17) is 10.5 Å². The molecule has 4 aromatic rings. The van der Waals surface area contributed by atoms with Crippen molar-refractivity contribution in [1.82, 2.24) is 25.4 Å². The molecule has 0 spiro atoms. The summed E-state index contributed by atoms with van der Waals surface area (Å²) in [5.74, 6) is 0.839. The maximum atomic E-state index is 9.74. The predicted octanol–water partition coefficient (Wildman–Crippen LogP) is 1.38. The Hall–Kier alpha value is -3.50. The van der Waals surface area contributed by atoms with Crippen LogP contribution in [0.3, 0.4) is 0 Å². The monoisotopic (exact) mass is 392 g/mol. The number of ether oxygens (including phenoxy) is 1. The molecule has 0 atom stereocenters. The van der Waals surface area contributed by atoms with E-state index in [0.717, 1.165) is 10.9 Å². The highest BCUT2D eigenvalue weighted by atomic mass is 16.5. The number of methoxy groups -OCH3 is 1. The highest BCUT2D eigenvalue weighted by Crippen LogP contribution is 2.34. The van der Waals surface area contributed by atoms with Gasteiger partial charge in [0, 0.05) is 16.4 Å². The van der Waals surface area contributed by atoms with Crippen molar-refractivity contribution in [2.45, 2.75) is 13.8 Å². The van der Waals surface area contributed by atoms with Gasteiger partial charge in [0.15, 0.2) is 5.82 Å². The fraction of sp³-hybridized carbons (Fsp3) is 0.158. The van der Waals surface area contributed by atoms with Crippen molar-refractivity contribution >= 4 is 29.2 Å². The van der Waals surface area contributed by atoms with Crippen LogP contribution in [0.1, 0.15) is 13.8 Å². The third kappa shape index (κ3) is 3.89. The van der Waals surface area contributed by atoms with Crippen LogP contribution >= 0.6 is 0 Å². The molecule has 0 aliphatic heterocycles. The molecule has 0 aliphatic carbocycles. The average molecular weight is 392 g/mol. The zero-order valence-electron chi connectivity index (χ0n) is 16.3. The molecule has 2 aromatic carbocycles. The molecule has 2 aromatic heterocycles. The van der Waals surface area contributed by atoms with Crippen LogP contribution in [0.15, 0.2) is 42.9 Å². The Balaban J connectivity index is 0.00000117. The van der Waals surface area contributed by atoms with Crippen molar-refractivity contribution in [3.63, 3.8) is 0 Å². The summed E-state index contributed by atoms with van der Waals surface area (Å²) in [7, 11) is -0.238. The summed E-state index contributed by atoms with van der Waals surface area (Å²) in [5, 5.41) is 35.0. The molecule has 0 saturated heterocycles. The Kier molecular flexibility index (Phi) is 6.06. The van der Waals surface area contributed by atoms with Crippen LogP contribution in [0.4, 0.5) is 5.69 Å². The second kappa shape index (κ2) is 8.67. The molecule has 0 fully saturated rings. The van der Waals surface area contributed by atoms with Crippen LogP contribution in [0.2, 0.25) is 0 Å². The molecule has 0 bridgehead atoms. The fourth-order valence-electron chi connectivity index (χ4n) is 2.99. The maximum absolute atomic E-state index is 9.74. The van der Waals surface area contributed by atoms with E-state index in [0.29, 0.717) is 33.9 Å². The number of benzene rings is 2. The highest BCUT2D eigenvalue weighted by Gasteiger charge is 2.22. The number of anilines is 1. The summed E-state index contributed by atoms with van der Waals surface area (Å²) in [6.07, 6.45) is 2.89. The number of hydrogen-bond acceptors (Lipinski definition) is 8. The van der Waals surface area contributed by atoms with Crippen LogP contribution in [0, 0.1) is 0 Å². The van der Waals surface area contributed by atoms with Crippen LogP contribution in [-0.2, 0) is 0 Å². The molecule has 10 heteroatoms. The largest absolute Gasteiger partial charge is 0.497 e. The zero-order valence-corrected chi connectivity index (χ0v) is 16.3. The summed E-state index contributed by atoms with van der Waals surface area (Å²) in [6.45, 7) is 4.00. The number of fused-ring (bicyclic) bond motifs is 1. The molecule has 4 rings (SSSR count). The first-order valence-electron chi connectivity index (χ1n) is 9.03. The number of aromatic amines is 1. The zero-order chi connectivity index (χ0) is 21.0. The average Bonchev–Trinajstić information content (AvgIpc) is 3.29. The van der Waals surface area contributed by atoms with Gasteiger partial charge in [-0.15, -0.1) is 0 Å². The van der Waals surface area contributed by atoms with Gasteiger partial charge in [0.05, 0.1) is 24.5 Å². The minimum absolute atomic E-state index is 0.231. The molecule has 0 unspecified atom stereocenters. The molecular weight excluding hydrogens is 371 g/mol. The van der Waals surface area contributed by atoms with Crippen molar-refractivity contribution in [2.75, 3.05) is 12.8 Å². The number of nitrogens with one attached hydrogen (secondary N) is 1. The number of nitrogens with zero attached hydrogens (tertiary/aromatic N) is 4. The first kappa shape index (κ1) is 20.2. The van der Waals surface area contributed by atoms with E-state index < -0.39 is 7.12 Å². The van der Waals surface area contributed by atoms with Crippen molar-refractivity contribution in [1.29, 1.82) is 0 Å². The second-order valence-electron chi connectivity index (χ2n) is 5.88. The highest BCUT2D eigenvalue weighted by molar-refractivity contribution is 6.60. The summed E-state index contributed by atoms with van der Waals surface area (Å²) in [4.78, 5) is 4.20. The lowest BCUT2D eigenvalue weighted by molar-refractivity contribution is 0.403. The van der Waals surface area contributed by atoms with Crippen molar-refractivity contribution in [2.24, 2.45) is 0 Å². The molecule has 0 saturated carbocycles. The first-order valence-corrected chi connectivity index (χ1v) is 9.03. The van der Waals surface area contributed by atoms with Crippen LogP contribution < -0.4 is 15.9 Å². The van der Waals surface area contributed by atoms with Gasteiger partial charge in [-0.1, -0.05) is 26.0 Å². The van der Waals surface area contributed by atoms with E-state index in [1.807, 2.05) is 32.0 Å². The molecule has 2 heterocycles. The van der Waals surface area contributed by atoms with E-state index in [9.17, 15) is 10.0 Å². The number of nitrogens with two attached hydrogens (primary N) is 1. The fourth-order valence-corrected chi connectivity index (χ4v) is 2.99. The third-order valence-corrected chi connectivity index (χ3v) is 4.30. The number of nitrogen functional groups attached to an aromatic ring is 1. The smallest absolute Gasteiger partial charge is 0.492 e. The van der Waals surface area contributed by atoms with Gasteiger partial charge in [-0.3, -0.25) is 5.10 Å². The normalized spacial score (nSPS) is 10.4. The number of H-pyrrole nitrogens is 1. The summed E-state index contributed by atoms with van der Waals surface area (Å²) >= 11 is 0. The minimum Gasteiger partial charge on any atom is -0.497 e. The van der Waals surface area contributed by atoms with E-state index in [2.05, 4.69) is 25.4 Å². The van der Waals surface area contributed by atoms with E-state index >= 15 is 0 Å². The van der Waals surface area contributed by atoms with Gasteiger partial charge in [-0.05, 0) is 29.3 Å². The Morgan fingerprint density at radius 1 is 1.10 bits per heavy atom. The number of rotatable bonds is 4. The summed E-state index contributed by atoms with van der Waals surface area (Å²) < 4.78 is 5.30. The maximum Gasteiger partial charge on any atom is 0.492 e. The number of aromatic nitrogens is 5. The van der Waals surface area contributed by atoms with Crippen molar-refractivity contribution in [3.05, 3.63) is 42.9 Å². The molecule has 29 heavy (non-hydrogen) atoms. The molecule has 5 N–H and O–H groups in total. The Morgan fingerprint density at radius 3 is 2.55 bits per heavy atom. The predicted molar refractivity (Wildman–Crippen MR) is 112 cm³/mol. The summed E-state index contributed by atoms with van der Waals surface area (Å²) in [5.41, 5.74) is 9.49. The van der Waals surface area contributed by atoms with Gasteiger partial charge in [-0.25, -0.2) is 4.98 Å². The molecule has 148 valence electrons. The van der Waals surface area contributed by atoms with Crippen molar-refractivity contribution < 1.29 is 14.8 Å². The van der Waals surface area contributed by atoms with Gasteiger partial charge in [0.1, 0.15) is 12.1 Å².